The SMILES string of the molecule is N#Cc1cnc(NCCc2ccc(F)cn2)nc1. The molecule has 0 saturated carbocycles. The van der Waals surface area contributed by atoms with E-state index in [2.05, 4.69) is 20.3 Å². The molecule has 0 aromatic carbocycles. The van der Waals surface area contributed by atoms with E-state index in [4.69, 9.17) is 5.26 Å². The number of rotatable bonds is 4. The molecule has 2 rings (SSSR count). The quantitative estimate of drug-likeness (QED) is 0.881. The standard InChI is InChI=1S/C12H10FN5/c13-10-1-2-11(16-8-10)3-4-15-12-17-6-9(5-14)7-18-12/h1-2,6-8H,3-4H2,(H,15,17,18). The number of aromatic nitrogens is 3. The van der Waals surface area contributed by atoms with Crippen LogP contribution in [0.15, 0.2) is 30.7 Å². The smallest absolute Gasteiger partial charge is 0.222 e. The maximum atomic E-state index is 12.6. The minimum atomic E-state index is -0.345. The molecule has 2 aromatic rings. The normalized spacial score (nSPS) is 9.78. The zero-order valence-corrected chi connectivity index (χ0v) is 9.47. The van der Waals surface area contributed by atoms with Gasteiger partial charge in [0.25, 0.3) is 0 Å². The molecule has 6 heteroatoms. The van der Waals surface area contributed by atoms with Gasteiger partial charge < -0.3 is 5.32 Å². The third kappa shape index (κ3) is 3.22. The Kier molecular flexibility index (Phi) is 3.76. The summed E-state index contributed by atoms with van der Waals surface area (Å²) in [7, 11) is 0. The molecular weight excluding hydrogens is 233 g/mol. The molecule has 0 atom stereocenters. The highest BCUT2D eigenvalue weighted by atomic mass is 19.1. The summed E-state index contributed by atoms with van der Waals surface area (Å²) in [5, 5.41) is 11.6. The van der Waals surface area contributed by atoms with Crippen molar-refractivity contribution in [1.29, 1.82) is 5.26 Å². The molecule has 0 spiro atoms. The van der Waals surface area contributed by atoms with E-state index in [1.54, 1.807) is 6.07 Å². The number of nitrogens with zero attached hydrogens (tertiary/aromatic N) is 4. The first-order valence-electron chi connectivity index (χ1n) is 5.34. The lowest BCUT2D eigenvalue weighted by Gasteiger charge is -2.03. The lowest BCUT2D eigenvalue weighted by Crippen LogP contribution is -2.08. The van der Waals surface area contributed by atoms with Crippen LogP contribution in [0.3, 0.4) is 0 Å². The molecule has 1 N–H and O–H groups in total. The van der Waals surface area contributed by atoms with E-state index in [1.807, 2.05) is 6.07 Å². The molecular formula is C12H10FN5. The van der Waals surface area contributed by atoms with Gasteiger partial charge in [0.2, 0.25) is 5.95 Å². The van der Waals surface area contributed by atoms with Crippen molar-refractivity contribution in [1.82, 2.24) is 15.0 Å². The molecule has 18 heavy (non-hydrogen) atoms. The molecule has 0 saturated heterocycles. The molecule has 0 amide bonds. The van der Waals surface area contributed by atoms with Crippen LogP contribution in [-0.4, -0.2) is 21.5 Å². The summed E-state index contributed by atoms with van der Waals surface area (Å²) in [6.45, 7) is 0.588. The van der Waals surface area contributed by atoms with Crippen LogP contribution < -0.4 is 5.32 Å². The zero-order chi connectivity index (χ0) is 12.8. The Hall–Kier alpha value is -2.55. The van der Waals surface area contributed by atoms with Crippen LogP contribution in [0.25, 0.3) is 0 Å². The van der Waals surface area contributed by atoms with Crippen molar-refractivity contribution >= 4 is 5.95 Å². The Bertz CT molecular complexity index is 544. The Morgan fingerprint density at radius 1 is 1.17 bits per heavy atom. The number of hydrogen-bond acceptors (Lipinski definition) is 5. The van der Waals surface area contributed by atoms with Crippen LogP contribution in [0.2, 0.25) is 0 Å². The van der Waals surface area contributed by atoms with Crippen LogP contribution in [0.4, 0.5) is 10.3 Å². The number of anilines is 1. The van der Waals surface area contributed by atoms with E-state index in [9.17, 15) is 4.39 Å². The number of nitrogens with one attached hydrogen (secondary N) is 1. The van der Waals surface area contributed by atoms with Gasteiger partial charge in [-0.2, -0.15) is 5.26 Å². The van der Waals surface area contributed by atoms with Crippen molar-refractivity contribution in [2.75, 3.05) is 11.9 Å². The second-order valence-electron chi connectivity index (χ2n) is 3.55. The van der Waals surface area contributed by atoms with Gasteiger partial charge in [-0.3, -0.25) is 4.98 Å². The number of hydrogen-bond donors (Lipinski definition) is 1. The summed E-state index contributed by atoms with van der Waals surface area (Å²) in [6.07, 6.45) is 4.73. The van der Waals surface area contributed by atoms with E-state index in [1.165, 1.54) is 24.7 Å². The molecule has 2 aromatic heterocycles. The summed E-state index contributed by atoms with van der Waals surface area (Å²) >= 11 is 0. The van der Waals surface area contributed by atoms with Gasteiger partial charge in [0.1, 0.15) is 11.9 Å². The van der Waals surface area contributed by atoms with Gasteiger partial charge >= 0.3 is 0 Å². The highest BCUT2D eigenvalue weighted by Gasteiger charge is 1.98. The third-order valence-electron chi connectivity index (χ3n) is 2.23. The molecule has 0 unspecified atom stereocenters. The lowest BCUT2D eigenvalue weighted by atomic mass is 10.3. The molecule has 0 fully saturated rings. The summed E-state index contributed by atoms with van der Waals surface area (Å²) in [6, 6.07) is 4.95. The third-order valence-corrected chi connectivity index (χ3v) is 2.23. The minimum Gasteiger partial charge on any atom is -0.354 e. The minimum absolute atomic E-state index is 0.345. The maximum absolute atomic E-state index is 12.6. The average Bonchev–Trinajstić information content (AvgIpc) is 2.42. The second kappa shape index (κ2) is 5.68. The van der Waals surface area contributed by atoms with Crippen LogP contribution in [0.5, 0.6) is 0 Å². The molecule has 0 aliphatic heterocycles. The van der Waals surface area contributed by atoms with Crippen LogP contribution in [0.1, 0.15) is 11.3 Å². The van der Waals surface area contributed by atoms with Gasteiger partial charge in [0.05, 0.1) is 24.2 Å². The van der Waals surface area contributed by atoms with E-state index < -0.39 is 0 Å². The highest BCUT2D eigenvalue weighted by molar-refractivity contribution is 5.30. The Morgan fingerprint density at radius 3 is 2.56 bits per heavy atom. The zero-order valence-electron chi connectivity index (χ0n) is 9.47. The van der Waals surface area contributed by atoms with Crippen molar-refractivity contribution in [2.45, 2.75) is 6.42 Å². The summed E-state index contributed by atoms with van der Waals surface area (Å²) in [5.41, 5.74) is 1.21. The van der Waals surface area contributed by atoms with E-state index in [0.29, 0.717) is 24.5 Å². The summed E-state index contributed by atoms with van der Waals surface area (Å²) in [4.78, 5) is 11.9. The Balaban J connectivity index is 1.84. The van der Waals surface area contributed by atoms with E-state index >= 15 is 0 Å². The van der Waals surface area contributed by atoms with Gasteiger partial charge in [-0.05, 0) is 12.1 Å². The predicted octanol–water partition coefficient (Wildman–Crippen LogP) is 1.54. The van der Waals surface area contributed by atoms with Crippen molar-refractivity contribution in [3.8, 4) is 6.07 Å². The van der Waals surface area contributed by atoms with Gasteiger partial charge in [-0.25, -0.2) is 14.4 Å². The summed E-state index contributed by atoms with van der Waals surface area (Å²) < 4.78 is 12.6. The van der Waals surface area contributed by atoms with E-state index in [-0.39, 0.29) is 5.82 Å². The number of pyridine rings is 1. The van der Waals surface area contributed by atoms with Gasteiger partial charge in [-0.15, -0.1) is 0 Å². The van der Waals surface area contributed by atoms with Crippen LogP contribution >= 0.6 is 0 Å². The fraction of sp³-hybridized carbons (Fsp3) is 0.167. The van der Waals surface area contributed by atoms with Gasteiger partial charge in [0, 0.05) is 18.7 Å². The monoisotopic (exact) mass is 243 g/mol. The average molecular weight is 243 g/mol. The fourth-order valence-corrected chi connectivity index (χ4v) is 1.33. The fourth-order valence-electron chi connectivity index (χ4n) is 1.33. The molecule has 90 valence electrons. The largest absolute Gasteiger partial charge is 0.354 e. The van der Waals surface area contributed by atoms with E-state index in [0.717, 1.165) is 5.69 Å². The predicted molar refractivity (Wildman–Crippen MR) is 63.1 cm³/mol. The summed E-state index contributed by atoms with van der Waals surface area (Å²) in [5.74, 6) is 0.109. The van der Waals surface area contributed by atoms with Crippen molar-refractivity contribution in [2.24, 2.45) is 0 Å². The first-order valence-corrected chi connectivity index (χ1v) is 5.34. The number of halogens is 1. The van der Waals surface area contributed by atoms with Gasteiger partial charge in [0.15, 0.2) is 0 Å². The topological polar surface area (TPSA) is 74.5 Å². The molecule has 2 heterocycles. The Labute approximate surface area is 103 Å². The lowest BCUT2D eigenvalue weighted by molar-refractivity contribution is 0.619. The first-order chi connectivity index (χ1) is 8.78. The molecule has 5 nitrogen and oxygen atoms in total. The molecule has 0 aliphatic carbocycles. The van der Waals surface area contributed by atoms with Crippen LogP contribution in [-0.2, 0) is 6.42 Å². The van der Waals surface area contributed by atoms with Crippen molar-refractivity contribution in [3.05, 3.63) is 47.8 Å². The van der Waals surface area contributed by atoms with Crippen LogP contribution in [0, 0.1) is 17.1 Å². The molecule has 0 aliphatic rings. The van der Waals surface area contributed by atoms with Crippen molar-refractivity contribution < 1.29 is 4.39 Å². The van der Waals surface area contributed by atoms with Crippen molar-refractivity contribution in [3.63, 3.8) is 0 Å². The molecule has 0 radical (unpaired) electrons. The highest BCUT2D eigenvalue weighted by Crippen LogP contribution is 2.01. The second-order valence-corrected chi connectivity index (χ2v) is 3.55. The molecule has 0 bridgehead atoms. The number of nitriles is 1. The first kappa shape index (κ1) is 11.9. The maximum Gasteiger partial charge on any atom is 0.222 e. The van der Waals surface area contributed by atoms with Gasteiger partial charge in [-0.1, -0.05) is 0 Å². The Morgan fingerprint density at radius 2 is 1.94 bits per heavy atom.